The number of hydrogen-bond donors (Lipinski definition) is 1. The van der Waals surface area contributed by atoms with Crippen molar-refractivity contribution in [2.45, 2.75) is 18.9 Å². The van der Waals surface area contributed by atoms with Crippen LogP contribution in [0.2, 0.25) is 0 Å². The van der Waals surface area contributed by atoms with Gasteiger partial charge in [0.05, 0.1) is 17.8 Å². The topological polar surface area (TPSA) is 46.5 Å². The molecule has 1 aromatic carbocycles. The normalized spacial score (nSPS) is 25.5. The number of benzene rings is 1. The van der Waals surface area contributed by atoms with Crippen molar-refractivity contribution in [1.82, 2.24) is 0 Å². The summed E-state index contributed by atoms with van der Waals surface area (Å²) < 4.78 is 5.46. The van der Waals surface area contributed by atoms with Crippen LogP contribution in [-0.4, -0.2) is 17.7 Å². The number of hydrogen-bond acceptors (Lipinski definition) is 2. The van der Waals surface area contributed by atoms with E-state index >= 15 is 0 Å². The minimum absolute atomic E-state index is 0.197. The van der Waals surface area contributed by atoms with Gasteiger partial charge in [-0.3, -0.25) is 0 Å². The molecule has 14 heavy (non-hydrogen) atoms. The Morgan fingerprint density at radius 1 is 1.43 bits per heavy atom. The summed E-state index contributed by atoms with van der Waals surface area (Å²) in [5.74, 6) is -0.892. The van der Waals surface area contributed by atoms with Crippen LogP contribution in [0, 0.1) is 0 Å². The fraction of sp³-hybridized carbons (Fsp3) is 0.364. The second-order valence-electron chi connectivity index (χ2n) is 3.71. The Hall–Kier alpha value is -1.35. The fourth-order valence-corrected chi connectivity index (χ4v) is 1.60. The molecule has 3 nitrogen and oxygen atoms in total. The monoisotopic (exact) mass is 192 g/mol. The van der Waals surface area contributed by atoms with Crippen LogP contribution in [0.4, 0.5) is 0 Å². The molecule has 2 rings (SSSR count). The molecule has 74 valence electrons. The molecule has 1 aliphatic rings. The molecule has 1 aliphatic heterocycles. The summed E-state index contributed by atoms with van der Waals surface area (Å²) in [5.41, 5.74) is 1.17. The zero-order valence-electron chi connectivity index (χ0n) is 7.99. The van der Waals surface area contributed by atoms with Gasteiger partial charge in [0, 0.05) is 6.42 Å². The second kappa shape index (κ2) is 3.10. The molecule has 1 aromatic rings. The standard InChI is InChI=1S/C11H12O3/c1-11(6-7-14-11)9-4-2-8(3-5-9)10(12)13/h2-5H,6-7H2,1H3,(H,12,13). The van der Waals surface area contributed by atoms with Gasteiger partial charge >= 0.3 is 5.97 Å². The van der Waals surface area contributed by atoms with E-state index in [0.29, 0.717) is 5.56 Å². The zero-order chi connectivity index (χ0) is 10.2. The fourth-order valence-electron chi connectivity index (χ4n) is 1.60. The lowest BCUT2D eigenvalue weighted by atomic mass is 9.88. The van der Waals surface area contributed by atoms with Crippen LogP contribution < -0.4 is 0 Å². The number of carboxylic acid groups (broad SMARTS) is 1. The first-order valence-corrected chi connectivity index (χ1v) is 4.60. The van der Waals surface area contributed by atoms with Gasteiger partial charge in [-0.2, -0.15) is 0 Å². The number of ether oxygens (including phenoxy) is 1. The lowest BCUT2D eigenvalue weighted by molar-refractivity contribution is -0.140. The first kappa shape index (κ1) is 9.21. The summed E-state index contributed by atoms with van der Waals surface area (Å²) in [4.78, 5) is 10.6. The van der Waals surface area contributed by atoms with Crippen molar-refractivity contribution < 1.29 is 14.6 Å². The predicted octanol–water partition coefficient (Wildman–Crippen LogP) is 2.02. The summed E-state index contributed by atoms with van der Waals surface area (Å²) in [5, 5.41) is 8.72. The highest BCUT2D eigenvalue weighted by Gasteiger charge is 2.34. The SMILES string of the molecule is CC1(c2ccc(C(=O)O)cc2)CCO1. The van der Waals surface area contributed by atoms with E-state index in [1.54, 1.807) is 12.1 Å². The number of carboxylic acids is 1. The van der Waals surface area contributed by atoms with Gasteiger partial charge in [-0.05, 0) is 24.6 Å². The maximum atomic E-state index is 10.6. The molecule has 0 spiro atoms. The van der Waals surface area contributed by atoms with Crippen LogP contribution in [0.5, 0.6) is 0 Å². The highest BCUT2D eigenvalue weighted by atomic mass is 16.5. The van der Waals surface area contributed by atoms with Crippen molar-refractivity contribution in [1.29, 1.82) is 0 Å². The maximum Gasteiger partial charge on any atom is 0.335 e. The van der Waals surface area contributed by atoms with E-state index in [0.717, 1.165) is 18.6 Å². The van der Waals surface area contributed by atoms with Gasteiger partial charge < -0.3 is 9.84 Å². The third-order valence-corrected chi connectivity index (χ3v) is 2.74. The molecule has 0 radical (unpaired) electrons. The zero-order valence-corrected chi connectivity index (χ0v) is 7.99. The number of aromatic carboxylic acids is 1. The van der Waals surface area contributed by atoms with E-state index in [9.17, 15) is 4.79 Å². The summed E-state index contributed by atoms with van der Waals surface area (Å²) >= 11 is 0. The molecule has 1 fully saturated rings. The molecule has 3 heteroatoms. The molecule has 0 aliphatic carbocycles. The van der Waals surface area contributed by atoms with E-state index in [1.165, 1.54) is 0 Å². The summed E-state index contributed by atoms with van der Waals surface area (Å²) in [7, 11) is 0. The number of carbonyl (C=O) groups is 1. The van der Waals surface area contributed by atoms with Crippen LogP contribution in [0.1, 0.15) is 29.3 Å². The van der Waals surface area contributed by atoms with Gasteiger partial charge in [-0.1, -0.05) is 12.1 Å². The Bertz CT molecular complexity index is 349. The van der Waals surface area contributed by atoms with Crippen molar-refractivity contribution in [3.8, 4) is 0 Å². The molecule has 0 saturated carbocycles. The van der Waals surface area contributed by atoms with Crippen LogP contribution in [-0.2, 0) is 10.3 Å². The van der Waals surface area contributed by atoms with E-state index < -0.39 is 5.97 Å². The van der Waals surface area contributed by atoms with Crippen molar-refractivity contribution in [2.75, 3.05) is 6.61 Å². The minimum Gasteiger partial charge on any atom is -0.478 e. The van der Waals surface area contributed by atoms with Crippen LogP contribution in [0.3, 0.4) is 0 Å². The highest BCUT2D eigenvalue weighted by molar-refractivity contribution is 5.87. The van der Waals surface area contributed by atoms with E-state index in [4.69, 9.17) is 9.84 Å². The second-order valence-corrected chi connectivity index (χ2v) is 3.71. The molecular formula is C11H12O3. The molecule has 1 atom stereocenters. The van der Waals surface area contributed by atoms with Crippen molar-refractivity contribution in [3.63, 3.8) is 0 Å². The molecule has 1 saturated heterocycles. The Labute approximate surface area is 82.3 Å². The molecule has 1 N–H and O–H groups in total. The predicted molar refractivity (Wildman–Crippen MR) is 51.3 cm³/mol. The van der Waals surface area contributed by atoms with E-state index in [1.807, 2.05) is 19.1 Å². The summed E-state index contributed by atoms with van der Waals surface area (Å²) in [6.07, 6.45) is 0.999. The summed E-state index contributed by atoms with van der Waals surface area (Å²) in [6.45, 7) is 2.81. The highest BCUT2D eigenvalue weighted by Crippen LogP contribution is 2.36. The lowest BCUT2D eigenvalue weighted by Gasteiger charge is -2.39. The van der Waals surface area contributed by atoms with Crippen LogP contribution >= 0.6 is 0 Å². The largest absolute Gasteiger partial charge is 0.478 e. The quantitative estimate of drug-likeness (QED) is 0.779. The molecule has 1 heterocycles. The van der Waals surface area contributed by atoms with Crippen molar-refractivity contribution in [3.05, 3.63) is 35.4 Å². The lowest BCUT2D eigenvalue weighted by Crippen LogP contribution is -2.37. The summed E-state index contributed by atoms with van der Waals surface area (Å²) in [6, 6.07) is 6.88. The molecule has 1 unspecified atom stereocenters. The van der Waals surface area contributed by atoms with Crippen LogP contribution in [0.25, 0.3) is 0 Å². The van der Waals surface area contributed by atoms with Gasteiger partial charge in [0.1, 0.15) is 0 Å². The smallest absolute Gasteiger partial charge is 0.335 e. The van der Waals surface area contributed by atoms with E-state index in [2.05, 4.69) is 0 Å². The first-order chi connectivity index (χ1) is 6.62. The Morgan fingerprint density at radius 3 is 2.36 bits per heavy atom. The Morgan fingerprint density at radius 2 is 2.00 bits per heavy atom. The van der Waals surface area contributed by atoms with Gasteiger partial charge in [-0.25, -0.2) is 4.79 Å². The van der Waals surface area contributed by atoms with Gasteiger partial charge in [0.15, 0.2) is 0 Å². The third kappa shape index (κ3) is 1.40. The first-order valence-electron chi connectivity index (χ1n) is 4.60. The van der Waals surface area contributed by atoms with Gasteiger partial charge in [0.2, 0.25) is 0 Å². The van der Waals surface area contributed by atoms with E-state index in [-0.39, 0.29) is 5.60 Å². The third-order valence-electron chi connectivity index (χ3n) is 2.74. The van der Waals surface area contributed by atoms with Gasteiger partial charge in [-0.15, -0.1) is 0 Å². The molecule has 0 bridgehead atoms. The van der Waals surface area contributed by atoms with Crippen molar-refractivity contribution in [2.24, 2.45) is 0 Å². The average molecular weight is 192 g/mol. The minimum atomic E-state index is -0.892. The van der Waals surface area contributed by atoms with Crippen LogP contribution in [0.15, 0.2) is 24.3 Å². The number of rotatable bonds is 2. The molecule has 0 aromatic heterocycles. The van der Waals surface area contributed by atoms with Crippen molar-refractivity contribution >= 4 is 5.97 Å². The maximum absolute atomic E-state index is 10.6. The Kier molecular flexibility index (Phi) is 2.04. The Balaban J connectivity index is 2.25. The van der Waals surface area contributed by atoms with Gasteiger partial charge in [0.25, 0.3) is 0 Å². The molecular weight excluding hydrogens is 180 g/mol. The molecule has 0 amide bonds. The average Bonchev–Trinajstić information content (AvgIpc) is 2.14.